The summed E-state index contributed by atoms with van der Waals surface area (Å²) < 4.78 is 0. The van der Waals surface area contributed by atoms with Crippen molar-refractivity contribution < 1.29 is 24.6 Å². The summed E-state index contributed by atoms with van der Waals surface area (Å²) in [4.78, 5) is 35.6. The van der Waals surface area contributed by atoms with Crippen molar-refractivity contribution >= 4 is 17.9 Å². The zero-order valence-electron chi connectivity index (χ0n) is 11.1. The second kappa shape index (κ2) is 8.33. The predicted octanol–water partition coefficient (Wildman–Crippen LogP) is -2.45. The minimum absolute atomic E-state index is 0.0888. The lowest BCUT2D eigenvalue weighted by Gasteiger charge is -2.27. The van der Waals surface area contributed by atoms with E-state index in [2.05, 4.69) is 16.0 Å². The van der Waals surface area contributed by atoms with Crippen LogP contribution in [0, 0.1) is 0 Å². The van der Waals surface area contributed by atoms with Crippen LogP contribution in [-0.4, -0.2) is 78.4 Å². The number of rotatable bonds is 6. The Labute approximate surface area is 116 Å². The van der Waals surface area contributed by atoms with Crippen molar-refractivity contribution in [3.05, 3.63) is 0 Å². The molecule has 1 aliphatic heterocycles. The first-order chi connectivity index (χ1) is 9.54. The van der Waals surface area contributed by atoms with E-state index in [1.807, 2.05) is 0 Å². The van der Waals surface area contributed by atoms with Crippen LogP contribution in [0.2, 0.25) is 0 Å². The second-order valence-corrected chi connectivity index (χ2v) is 4.36. The molecule has 20 heavy (non-hydrogen) atoms. The Morgan fingerprint density at radius 2 is 1.90 bits per heavy atom. The van der Waals surface area contributed by atoms with E-state index in [1.165, 1.54) is 0 Å². The van der Waals surface area contributed by atoms with E-state index in [-0.39, 0.29) is 25.5 Å². The summed E-state index contributed by atoms with van der Waals surface area (Å²) in [5.74, 6) is -1.45. The van der Waals surface area contributed by atoms with Crippen molar-refractivity contribution in [3.8, 4) is 0 Å². The van der Waals surface area contributed by atoms with Gasteiger partial charge < -0.3 is 31.1 Å². The predicted molar refractivity (Wildman–Crippen MR) is 69.1 cm³/mol. The number of amides is 3. The number of hydrogen-bond acceptors (Lipinski definition) is 5. The number of aliphatic hydroxyl groups excluding tert-OH is 1. The third-order valence-electron chi connectivity index (χ3n) is 2.89. The molecule has 1 rings (SSSR count). The summed E-state index contributed by atoms with van der Waals surface area (Å²) in [7, 11) is 0. The molecule has 9 nitrogen and oxygen atoms in total. The van der Waals surface area contributed by atoms with Gasteiger partial charge in [-0.3, -0.25) is 4.79 Å². The van der Waals surface area contributed by atoms with Gasteiger partial charge in [0.15, 0.2) is 0 Å². The van der Waals surface area contributed by atoms with E-state index >= 15 is 0 Å². The first-order valence-corrected chi connectivity index (χ1v) is 6.41. The van der Waals surface area contributed by atoms with Gasteiger partial charge in [0.05, 0.1) is 6.54 Å². The summed E-state index contributed by atoms with van der Waals surface area (Å²) in [5, 5.41) is 25.1. The number of carboxylic acids is 1. The van der Waals surface area contributed by atoms with Crippen LogP contribution in [0.5, 0.6) is 0 Å². The molecule has 0 unspecified atom stereocenters. The normalized spacial score (nSPS) is 16.4. The number of aliphatic hydroxyl groups is 1. The van der Waals surface area contributed by atoms with Crippen molar-refractivity contribution in [2.45, 2.75) is 12.5 Å². The van der Waals surface area contributed by atoms with Crippen molar-refractivity contribution in [1.82, 2.24) is 20.9 Å². The smallest absolute Gasteiger partial charge is 0.326 e. The van der Waals surface area contributed by atoms with Crippen LogP contribution in [0.1, 0.15) is 6.42 Å². The van der Waals surface area contributed by atoms with Crippen molar-refractivity contribution in [1.29, 1.82) is 0 Å². The summed E-state index contributed by atoms with van der Waals surface area (Å²) in [6.07, 6.45) is -0.0888. The Morgan fingerprint density at radius 1 is 1.25 bits per heavy atom. The Hall–Kier alpha value is -1.87. The van der Waals surface area contributed by atoms with Gasteiger partial charge in [-0.1, -0.05) is 0 Å². The van der Waals surface area contributed by atoms with Crippen LogP contribution in [0.15, 0.2) is 0 Å². The fraction of sp³-hybridized carbons (Fsp3) is 0.727. The SMILES string of the molecule is O=C(NCC(=O)N1CCNCC1)N[C@H](CCO)C(=O)O. The molecular weight excluding hydrogens is 268 g/mol. The molecule has 0 aromatic rings. The molecule has 0 aliphatic carbocycles. The number of hydrogen-bond donors (Lipinski definition) is 5. The van der Waals surface area contributed by atoms with Gasteiger partial charge in [0.1, 0.15) is 6.04 Å². The molecule has 1 heterocycles. The lowest BCUT2D eigenvalue weighted by Crippen LogP contribution is -2.52. The Morgan fingerprint density at radius 3 is 2.45 bits per heavy atom. The molecule has 0 aromatic carbocycles. The second-order valence-electron chi connectivity index (χ2n) is 4.36. The van der Waals surface area contributed by atoms with E-state index in [9.17, 15) is 14.4 Å². The third-order valence-corrected chi connectivity index (χ3v) is 2.89. The first-order valence-electron chi connectivity index (χ1n) is 6.41. The van der Waals surface area contributed by atoms with Crippen LogP contribution in [-0.2, 0) is 9.59 Å². The number of nitrogens with zero attached hydrogens (tertiary/aromatic N) is 1. The molecule has 5 N–H and O–H groups in total. The van der Waals surface area contributed by atoms with Crippen molar-refractivity contribution in [2.24, 2.45) is 0 Å². The third kappa shape index (κ3) is 5.41. The summed E-state index contributed by atoms with van der Waals surface area (Å²) in [5.41, 5.74) is 0. The zero-order valence-corrected chi connectivity index (χ0v) is 11.1. The van der Waals surface area contributed by atoms with Gasteiger partial charge in [-0.15, -0.1) is 0 Å². The average molecular weight is 288 g/mol. The van der Waals surface area contributed by atoms with Crippen molar-refractivity contribution in [2.75, 3.05) is 39.3 Å². The summed E-state index contributed by atoms with van der Waals surface area (Å²) in [6, 6.07) is -1.91. The Bertz CT molecular complexity index is 357. The molecule has 0 radical (unpaired) electrons. The number of carbonyl (C=O) groups is 3. The highest BCUT2D eigenvalue weighted by atomic mass is 16.4. The van der Waals surface area contributed by atoms with Crippen molar-refractivity contribution in [3.63, 3.8) is 0 Å². The van der Waals surface area contributed by atoms with Gasteiger partial charge in [-0.2, -0.15) is 0 Å². The maximum Gasteiger partial charge on any atom is 0.326 e. The topological polar surface area (TPSA) is 131 Å². The summed E-state index contributed by atoms with van der Waals surface area (Å²) in [6.45, 7) is 2.08. The molecule has 1 aliphatic rings. The highest BCUT2D eigenvalue weighted by molar-refractivity contribution is 5.86. The number of nitrogens with one attached hydrogen (secondary N) is 3. The molecule has 9 heteroatoms. The molecule has 1 fully saturated rings. The van der Waals surface area contributed by atoms with Gasteiger partial charge >= 0.3 is 12.0 Å². The number of urea groups is 1. The molecule has 0 bridgehead atoms. The van der Waals surface area contributed by atoms with E-state index in [0.717, 1.165) is 13.1 Å². The number of aliphatic carboxylic acids is 1. The number of piperazine rings is 1. The van der Waals surface area contributed by atoms with Crippen LogP contribution in [0.25, 0.3) is 0 Å². The quantitative estimate of drug-likeness (QED) is 0.369. The average Bonchev–Trinajstić information content (AvgIpc) is 2.45. The van der Waals surface area contributed by atoms with E-state index < -0.39 is 18.0 Å². The van der Waals surface area contributed by atoms with E-state index in [0.29, 0.717) is 13.1 Å². The highest BCUT2D eigenvalue weighted by Gasteiger charge is 2.20. The van der Waals surface area contributed by atoms with Crippen LogP contribution in [0.4, 0.5) is 4.79 Å². The van der Waals surface area contributed by atoms with E-state index in [1.54, 1.807) is 4.90 Å². The largest absolute Gasteiger partial charge is 0.480 e. The fourth-order valence-corrected chi connectivity index (χ4v) is 1.78. The molecule has 114 valence electrons. The van der Waals surface area contributed by atoms with Crippen LogP contribution >= 0.6 is 0 Å². The van der Waals surface area contributed by atoms with Gasteiger partial charge in [0.2, 0.25) is 5.91 Å². The molecule has 0 aromatic heterocycles. The number of carboxylic acid groups (broad SMARTS) is 1. The molecule has 3 amide bonds. The molecule has 1 atom stereocenters. The minimum atomic E-state index is -1.23. The van der Waals surface area contributed by atoms with Gasteiger partial charge in [-0.25, -0.2) is 9.59 Å². The maximum atomic E-state index is 11.7. The molecule has 0 spiro atoms. The molecule has 1 saturated heterocycles. The standard InChI is InChI=1S/C11H20N4O5/c16-6-1-8(10(18)19)14-11(20)13-7-9(17)15-4-2-12-3-5-15/h8,12,16H,1-7H2,(H,18,19)(H2,13,14,20)/t8-/m1/s1. The lowest BCUT2D eigenvalue weighted by molar-refractivity contribution is -0.139. The van der Waals surface area contributed by atoms with E-state index in [4.69, 9.17) is 10.2 Å². The Kier molecular flexibility index (Phi) is 6.74. The zero-order chi connectivity index (χ0) is 15.0. The monoisotopic (exact) mass is 288 g/mol. The first kappa shape index (κ1) is 16.2. The number of carbonyl (C=O) groups excluding carboxylic acids is 2. The lowest BCUT2D eigenvalue weighted by atomic mass is 10.2. The fourth-order valence-electron chi connectivity index (χ4n) is 1.78. The molecule has 0 saturated carbocycles. The highest BCUT2D eigenvalue weighted by Crippen LogP contribution is 1.93. The minimum Gasteiger partial charge on any atom is -0.480 e. The van der Waals surface area contributed by atoms with Gasteiger partial charge in [0, 0.05) is 39.2 Å². The molecular formula is C11H20N4O5. The van der Waals surface area contributed by atoms with Gasteiger partial charge in [-0.05, 0) is 0 Å². The Balaban J connectivity index is 2.30. The van der Waals surface area contributed by atoms with Crippen LogP contribution < -0.4 is 16.0 Å². The van der Waals surface area contributed by atoms with Gasteiger partial charge in [0.25, 0.3) is 0 Å². The summed E-state index contributed by atoms with van der Waals surface area (Å²) >= 11 is 0. The van der Waals surface area contributed by atoms with Crippen LogP contribution in [0.3, 0.4) is 0 Å². The maximum absolute atomic E-state index is 11.7.